The number of rotatable bonds is 5. The summed E-state index contributed by atoms with van der Waals surface area (Å²) in [6, 6.07) is 7.67. The Morgan fingerprint density at radius 3 is 2.19 bits per heavy atom. The van der Waals surface area contributed by atoms with Gasteiger partial charge in [0, 0.05) is 41.7 Å². The van der Waals surface area contributed by atoms with E-state index in [0.29, 0.717) is 49.0 Å². The zero-order chi connectivity index (χ0) is 31.4. The third-order valence-corrected chi connectivity index (χ3v) is 10.7. The van der Waals surface area contributed by atoms with E-state index in [1.807, 2.05) is 49.9 Å². The molecule has 0 radical (unpaired) electrons. The topological polar surface area (TPSA) is 65.5 Å². The van der Waals surface area contributed by atoms with Gasteiger partial charge >= 0.3 is 0 Å². The van der Waals surface area contributed by atoms with Crippen molar-refractivity contribution in [2.24, 2.45) is 15.8 Å². The van der Waals surface area contributed by atoms with Crippen molar-refractivity contribution in [2.45, 2.75) is 123 Å². The molecule has 3 heterocycles. The van der Waals surface area contributed by atoms with Crippen molar-refractivity contribution in [3.63, 3.8) is 0 Å². The van der Waals surface area contributed by atoms with E-state index < -0.39 is 10.8 Å². The lowest BCUT2D eigenvalue weighted by atomic mass is 9.74. The van der Waals surface area contributed by atoms with Gasteiger partial charge in [0.05, 0.1) is 18.0 Å². The first-order valence-corrected chi connectivity index (χ1v) is 16.7. The second-order valence-electron chi connectivity index (χ2n) is 16.2. The van der Waals surface area contributed by atoms with Gasteiger partial charge in [-0.25, -0.2) is 0 Å². The zero-order valence-corrected chi connectivity index (χ0v) is 28.5. The van der Waals surface area contributed by atoms with E-state index in [4.69, 9.17) is 21.3 Å². The summed E-state index contributed by atoms with van der Waals surface area (Å²) in [5, 5.41) is 0.664. The fourth-order valence-electron chi connectivity index (χ4n) is 7.67. The third-order valence-electron chi connectivity index (χ3n) is 10.4. The Hall–Kier alpha value is -2.12. The van der Waals surface area contributed by atoms with E-state index in [9.17, 15) is 4.79 Å². The van der Waals surface area contributed by atoms with Gasteiger partial charge in [0.1, 0.15) is 12.6 Å². The Bertz CT molecular complexity index is 1220. The first kappa shape index (κ1) is 32.3. The van der Waals surface area contributed by atoms with Gasteiger partial charge in [-0.3, -0.25) is 19.5 Å². The van der Waals surface area contributed by atoms with Crippen LogP contribution in [0.3, 0.4) is 0 Å². The van der Waals surface area contributed by atoms with Gasteiger partial charge in [-0.2, -0.15) is 0 Å². The molecule has 3 aliphatic heterocycles. The Morgan fingerprint density at radius 1 is 1.00 bits per heavy atom. The van der Waals surface area contributed by atoms with Crippen LogP contribution in [0.15, 0.2) is 29.3 Å². The molecule has 7 nitrogen and oxygen atoms in total. The van der Waals surface area contributed by atoms with Crippen LogP contribution in [0.2, 0.25) is 5.02 Å². The predicted octanol–water partition coefficient (Wildman–Crippen LogP) is 6.32. The molecule has 4 aliphatic rings. The fraction of sp³-hybridized carbons (Fsp3) is 0.743. The largest absolute Gasteiger partial charge is 0.478 e. The minimum atomic E-state index is -0.710. The molecule has 8 heteroatoms. The van der Waals surface area contributed by atoms with Crippen LogP contribution in [0.5, 0.6) is 0 Å². The summed E-state index contributed by atoms with van der Waals surface area (Å²) in [5.41, 5.74) is 0.0150. The van der Waals surface area contributed by atoms with Gasteiger partial charge in [-0.1, -0.05) is 58.4 Å². The van der Waals surface area contributed by atoms with Crippen LogP contribution in [0.1, 0.15) is 99.5 Å². The van der Waals surface area contributed by atoms with Crippen LogP contribution >= 0.6 is 11.6 Å². The van der Waals surface area contributed by atoms with E-state index >= 15 is 4.79 Å². The summed E-state index contributed by atoms with van der Waals surface area (Å²) < 4.78 is 6.06. The molecule has 0 aromatic heterocycles. The molecule has 1 aliphatic carbocycles. The Kier molecular flexibility index (Phi) is 8.76. The molecule has 0 N–H and O–H groups in total. The number of amides is 2. The highest BCUT2D eigenvalue weighted by Gasteiger charge is 2.55. The predicted molar refractivity (Wildman–Crippen MR) is 174 cm³/mol. The van der Waals surface area contributed by atoms with Crippen LogP contribution in [-0.4, -0.2) is 88.9 Å². The monoisotopic (exact) mass is 612 g/mol. The number of aliphatic imine (C=N–C) groups is 1. The normalized spacial score (nSPS) is 28.6. The number of likely N-dealkylation sites (tertiary alicyclic amines) is 2. The van der Waals surface area contributed by atoms with Gasteiger partial charge < -0.3 is 14.5 Å². The van der Waals surface area contributed by atoms with Crippen molar-refractivity contribution in [1.82, 2.24) is 14.7 Å². The minimum Gasteiger partial charge on any atom is -0.478 e. The van der Waals surface area contributed by atoms with Crippen LogP contribution in [0.4, 0.5) is 0 Å². The van der Waals surface area contributed by atoms with Gasteiger partial charge in [0.25, 0.3) is 0 Å². The van der Waals surface area contributed by atoms with E-state index in [0.717, 1.165) is 44.2 Å². The zero-order valence-electron chi connectivity index (χ0n) is 27.7. The van der Waals surface area contributed by atoms with Crippen LogP contribution < -0.4 is 0 Å². The molecule has 0 bridgehead atoms. The highest BCUT2D eigenvalue weighted by molar-refractivity contribution is 6.30. The van der Waals surface area contributed by atoms with Crippen molar-refractivity contribution in [1.29, 1.82) is 0 Å². The van der Waals surface area contributed by atoms with Crippen molar-refractivity contribution >= 4 is 29.3 Å². The molecule has 1 aromatic rings. The lowest BCUT2D eigenvalue weighted by molar-refractivity contribution is -0.147. The van der Waals surface area contributed by atoms with Gasteiger partial charge in [0.2, 0.25) is 17.7 Å². The molecule has 3 fully saturated rings. The van der Waals surface area contributed by atoms with Crippen LogP contribution in [0.25, 0.3) is 0 Å². The summed E-state index contributed by atoms with van der Waals surface area (Å²) >= 11 is 6.32. The standard InChI is InChI=1S/C35H53ClN4O3/c1-32(2,3)30(41)40(26-13-15-34(7,8)16-14-26)27-21-28(29-37-18-20-43-29)39(22-27)31(42)35(24-9-11-25(36)12-10-24)17-19-38(23-35)33(4,5)6/h9-12,26-28H,13-23H2,1-8H3/t27-,28-,35?/m0/s1. The number of carbonyl (C=O) groups is 2. The lowest BCUT2D eigenvalue weighted by Gasteiger charge is -2.45. The summed E-state index contributed by atoms with van der Waals surface area (Å²) in [6.45, 7) is 20.5. The number of ether oxygens (including phenoxy) is 1. The van der Waals surface area contributed by atoms with E-state index in [2.05, 4.69) is 44.4 Å². The lowest BCUT2D eigenvalue weighted by Crippen LogP contribution is -2.55. The van der Waals surface area contributed by atoms with E-state index in [1.165, 1.54) is 0 Å². The van der Waals surface area contributed by atoms with Crippen molar-refractivity contribution in [3.05, 3.63) is 34.9 Å². The highest BCUT2D eigenvalue weighted by Crippen LogP contribution is 2.44. The molecule has 0 spiro atoms. The Labute approximate surface area is 264 Å². The number of hydrogen-bond acceptors (Lipinski definition) is 5. The average Bonchev–Trinajstić information content (AvgIpc) is 3.69. The summed E-state index contributed by atoms with van der Waals surface area (Å²) in [4.78, 5) is 40.7. The fourth-order valence-corrected chi connectivity index (χ4v) is 7.79. The molecule has 238 valence electrons. The molecule has 1 aromatic carbocycles. The van der Waals surface area contributed by atoms with Gasteiger partial charge in [-0.15, -0.1) is 0 Å². The maximum atomic E-state index is 15.1. The maximum Gasteiger partial charge on any atom is 0.235 e. The van der Waals surface area contributed by atoms with Gasteiger partial charge in [-0.05, 0) is 82.4 Å². The first-order valence-electron chi connectivity index (χ1n) is 16.3. The van der Waals surface area contributed by atoms with E-state index in [-0.39, 0.29) is 35.5 Å². The number of carbonyl (C=O) groups excluding carboxylic acids is 2. The molecule has 5 rings (SSSR count). The summed E-state index contributed by atoms with van der Waals surface area (Å²) in [5.74, 6) is 0.942. The summed E-state index contributed by atoms with van der Waals surface area (Å²) in [6.07, 6.45) is 5.58. The van der Waals surface area contributed by atoms with Gasteiger partial charge in [0.15, 0.2) is 0 Å². The smallest absolute Gasteiger partial charge is 0.235 e. The van der Waals surface area contributed by atoms with Crippen molar-refractivity contribution in [2.75, 3.05) is 32.8 Å². The Balaban J connectivity index is 1.52. The quantitative estimate of drug-likeness (QED) is 0.390. The summed E-state index contributed by atoms with van der Waals surface area (Å²) in [7, 11) is 0. The highest BCUT2D eigenvalue weighted by atomic mass is 35.5. The molecule has 43 heavy (non-hydrogen) atoms. The Morgan fingerprint density at radius 2 is 1.65 bits per heavy atom. The second-order valence-corrected chi connectivity index (χ2v) is 16.7. The number of hydrogen-bond donors (Lipinski definition) is 0. The maximum absolute atomic E-state index is 15.1. The van der Waals surface area contributed by atoms with Crippen molar-refractivity contribution < 1.29 is 14.3 Å². The number of nitrogens with zero attached hydrogens (tertiary/aromatic N) is 4. The van der Waals surface area contributed by atoms with Crippen molar-refractivity contribution in [3.8, 4) is 0 Å². The SMILES string of the molecule is CC1(C)CCC(N(C(=O)C(C)(C)C)[C@H]2C[C@@H](C3=NCCO3)N(C(=O)C3(c4ccc(Cl)cc4)CCN(C(C)(C)C)C3)C2)CC1. The molecule has 2 saturated heterocycles. The second kappa shape index (κ2) is 11.7. The average molecular weight is 613 g/mol. The van der Waals surface area contributed by atoms with Crippen LogP contribution in [-0.2, 0) is 19.7 Å². The van der Waals surface area contributed by atoms with Crippen LogP contribution in [0, 0.1) is 10.8 Å². The minimum absolute atomic E-state index is 0.0647. The molecular formula is C35H53ClN4O3. The van der Waals surface area contributed by atoms with E-state index in [1.54, 1.807) is 0 Å². The third kappa shape index (κ3) is 6.49. The first-order chi connectivity index (χ1) is 20.0. The molecule has 1 saturated carbocycles. The number of benzene rings is 1. The molecule has 2 amide bonds. The number of halogens is 1. The molecular weight excluding hydrogens is 560 g/mol. The molecule has 1 unspecified atom stereocenters. The molecule has 3 atom stereocenters.